The maximum absolute atomic E-state index is 15.7. The maximum Gasteiger partial charge on any atom is 0.337 e. The van der Waals surface area contributed by atoms with Crippen LogP contribution in [-0.4, -0.2) is 92.4 Å². The molecule has 3 aromatic rings. The van der Waals surface area contributed by atoms with Crippen LogP contribution in [-0.2, 0) is 20.8 Å². The Kier molecular flexibility index (Phi) is 7.95. The van der Waals surface area contributed by atoms with Crippen molar-refractivity contribution in [2.45, 2.75) is 49.6 Å². The molecule has 0 radical (unpaired) electrons. The van der Waals surface area contributed by atoms with Crippen molar-refractivity contribution in [2.75, 3.05) is 56.6 Å². The van der Waals surface area contributed by atoms with Gasteiger partial charge in [-0.3, -0.25) is 4.79 Å². The number of benzene rings is 3. The van der Waals surface area contributed by atoms with E-state index in [4.69, 9.17) is 42.1 Å². The lowest BCUT2D eigenvalue weighted by Crippen LogP contribution is -2.62. The van der Waals surface area contributed by atoms with Gasteiger partial charge in [0.25, 0.3) is 5.91 Å². The molecule has 5 heterocycles. The monoisotopic (exact) mass is 697 g/mol. The Bertz CT molecular complexity index is 1780. The van der Waals surface area contributed by atoms with Crippen LogP contribution in [0.2, 0.25) is 10.0 Å². The molecule has 5 aliphatic rings. The Morgan fingerprint density at radius 2 is 1.75 bits per heavy atom. The summed E-state index contributed by atoms with van der Waals surface area (Å²) < 4.78 is 39.0. The molecule has 10 nitrogen and oxygen atoms in total. The molecule has 0 aliphatic carbocycles. The normalized spacial score (nSPS) is 24.0. The first-order chi connectivity index (χ1) is 23.1. The molecule has 5 aliphatic heterocycles. The van der Waals surface area contributed by atoms with Crippen molar-refractivity contribution in [2.24, 2.45) is 0 Å². The number of hydrogen-bond donors (Lipinski definition) is 1. The second kappa shape index (κ2) is 12.1. The summed E-state index contributed by atoms with van der Waals surface area (Å²) in [6.45, 7) is 2.99. The molecule has 3 atom stereocenters. The number of fused-ring (bicyclic) bond motifs is 3. The van der Waals surface area contributed by atoms with Gasteiger partial charge in [-0.15, -0.1) is 0 Å². The Balaban J connectivity index is 1.04. The fraction of sp³-hybridized carbons (Fsp3) is 0.429. The van der Waals surface area contributed by atoms with Crippen LogP contribution >= 0.6 is 23.2 Å². The highest BCUT2D eigenvalue weighted by atomic mass is 35.5. The zero-order valence-corrected chi connectivity index (χ0v) is 27.7. The van der Waals surface area contributed by atoms with E-state index in [0.717, 1.165) is 31.0 Å². The molecule has 0 aromatic heterocycles. The number of aromatic carboxylic acids is 1. The van der Waals surface area contributed by atoms with Crippen LogP contribution in [0.1, 0.15) is 45.5 Å². The van der Waals surface area contributed by atoms with E-state index in [1.165, 1.54) is 4.90 Å². The maximum atomic E-state index is 15.7. The first-order valence-electron chi connectivity index (χ1n) is 16.0. The number of nitrogens with zero attached hydrogens (tertiary/aromatic N) is 3. The van der Waals surface area contributed by atoms with Crippen LogP contribution in [0.3, 0.4) is 0 Å². The predicted octanol–water partition coefficient (Wildman–Crippen LogP) is 5.85. The number of carboxylic acids is 1. The molecule has 8 rings (SSSR count). The zero-order valence-electron chi connectivity index (χ0n) is 26.2. The third kappa shape index (κ3) is 5.27. The molecule has 0 saturated carbocycles. The minimum absolute atomic E-state index is 0.0286. The van der Waals surface area contributed by atoms with Gasteiger partial charge in [-0.05, 0) is 37.1 Å². The molecule has 48 heavy (non-hydrogen) atoms. The number of carboxylic acid groups (broad SMARTS) is 1. The molecule has 3 aromatic carbocycles. The van der Waals surface area contributed by atoms with Crippen molar-refractivity contribution >= 4 is 46.5 Å². The van der Waals surface area contributed by atoms with Crippen molar-refractivity contribution in [3.8, 4) is 16.9 Å². The summed E-state index contributed by atoms with van der Waals surface area (Å²) >= 11 is 13.4. The number of carbonyl (C=O) groups excluding carboxylic acids is 1. The van der Waals surface area contributed by atoms with E-state index in [9.17, 15) is 14.7 Å². The van der Waals surface area contributed by atoms with Crippen LogP contribution in [0.25, 0.3) is 11.1 Å². The molecule has 1 amide bonds. The van der Waals surface area contributed by atoms with Crippen molar-refractivity contribution in [3.63, 3.8) is 0 Å². The van der Waals surface area contributed by atoms with E-state index >= 15 is 4.39 Å². The standard InChI is InChI=1S/C35H34Cl2FN3O7/c1-45-23-11-35(48-15-23)16-40(17-35)22-7-27(36)31(28(37)8-22)33(42)39-12-19-3-2-4-24(32(19)47-18-39)25-10-30(26(34(43)44)9-29(25)38)41-20-5-6-21(41)14-46-13-20/h2-4,7-10,20-21,23H,5-6,11-18H2,1H3,(H,43,44)/t20?,21?,23-/m1/s1. The number of para-hydroxylation sites is 1. The Morgan fingerprint density at radius 3 is 2.42 bits per heavy atom. The third-order valence-corrected chi connectivity index (χ3v) is 10.9. The number of methoxy groups -OCH3 is 1. The van der Waals surface area contributed by atoms with Gasteiger partial charge in [0.1, 0.15) is 17.2 Å². The molecule has 252 valence electrons. The summed E-state index contributed by atoms with van der Waals surface area (Å²) in [5.74, 6) is -1.82. The van der Waals surface area contributed by atoms with Crippen molar-refractivity contribution in [3.05, 3.63) is 75.0 Å². The average molecular weight is 699 g/mol. The van der Waals surface area contributed by atoms with Crippen LogP contribution in [0.5, 0.6) is 5.75 Å². The van der Waals surface area contributed by atoms with Gasteiger partial charge in [0.15, 0.2) is 6.73 Å². The SMILES string of the molecule is CO[C@H]1COC2(C1)CN(c1cc(Cl)c(C(=O)N3COc4c(cccc4-c4cc(N5C6CCC5COC6)c(C(=O)O)cc4F)C3)c(Cl)c1)C2. The summed E-state index contributed by atoms with van der Waals surface area (Å²) in [6.07, 6.45) is 2.67. The fourth-order valence-electron chi connectivity index (χ4n) is 7.90. The van der Waals surface area contributed by atoms with Gasteiger partial charge in [0, 0.05) is 49.0 Å². The van der Waals surface area contributed by atoms with Crippen molar-refractivity contribution in [1.29, 1.82) is 0 Å². The molecule has 4 fully saturated rings. The van der Waals surface area contributed by atoms with E-state index in [1.54, 1.807) is 37.4 Å². The molecular formula is C35H34Cl2FN3O7. The zero-order chi connectivity index (χ0) is 33.3. The van der Waals surface area contributed by atoms with Crippen LogP contribution < -0.4 is 14.5 Å². The van der Waals surface area contributed by atoms with Gasteiger partial charge in [-0.25, -0.2) is 9.18 Å². The highest BCUT2D eigenvalue weighted by Crippen LogP contribution is 2.44. The average Bonchev–Trinajstić information content (AvgIpc) is 3.60. The highest BCUT2D eigenvalue weighted by molar-refractivity contribution is 6.40. The molecule has 1 N–H and O–H groups in total. The van der Waals surface area contributed by atoms with Gasteiger partial charge >= 0.3 is 5.97 Å². The number of hydrogen-bond acceptors (Lipinski definition) is 8. The number of halogens is 3. The van der Waals surface area contributed by atoms with E-state index in [2.05, 4.69) is 9.80 Å². The lowest BCUT2D eigenvalue weighted by molar-refractivity contribution is -0.0208. The topological polar surface area (TPSA) is 101 Å². The fourth-order valence-corrected chi connectivity index (χ4v) is 8.54. The first kappa shape index (κ1) is 31.6. The highest BCUT2D eigenvalue weighted by Gasteiger charge is 2.50. The summed E-state index contributed by atoms with van der Waals surface area (Å²) in [4.78, 5) is 31.7. The third-order valence-electron chi connectivity index (χ3n) is 10.3. The van der Waals surface area contributed by atoms with Crippen molar-refractivity contribution in [1.82, 2.24) is 4.90 Å². The van der Waals surface area contributed by atoms with Gasteiger partial charge < -0.3 is 38.8 Å². The smallest absolute Gasteiger partial charge is 0.337 e. The van der Waals surface area contributed by atoms with E-state index in [0.29, 0.717) is 55.5 Å². The Hall–Kier alpha value is -3.61. The number of ether oxygens (including phenoxy) is 4. The molecule has 4 saturated heterocycles. The predicted molar refractivity (Wildman–Crippen MR) is 177 cm³/mol. The van der Waals surface area contributed by atoms with Crippen LogP contribution in [0, 0.1) is 5.82 Å². The summed E-state index contributed by atoms with van der Waals surface area (Å²) in [6, 6.07) is 11.6. The molecule has 2 bridgehead atoms. The molecule has 2 unspecified atom stereocenters. The van der Waals surface area contributed by atoms with E-state index < -0.39 is 17.7 Å². The van der Waals surface area contributed by atoms with E-state index in [1.807, 2.05) is 6.07 Å². The Labute approximate surface area is 286 Å². The van der Waals surface area contributed by atoms with Crippen molar-refractivity contribution < 1.29 is 38.0 Å². The summed E-state index contributed by atoms with van der Waals surface area (Å²) in [7, 11) is 1.69. The molecule has 13 heteroatoms. The minimum Gasteiger partial charge on any atom is -0.478 e. The quantitative estimate of drug-likeness (QED) is 0.340. The largest absolute Gasteiger partial charge is 0.478 e. The van der Waals surface area contributed by atoms with E-state index in [-0.39, 0.29) is 63.8 Å². The van der Waals surface area contributed by atoms with Gasteiger partial charge in [-0.1, -0.05) is 41.4 Å². The summed E-state index contributed by atoms with van der Waals surface area (Å²) in [5.41, 5.74) is 2.51. The molecule has 1 spiro atoms. The number of rotatable bonds is 6. The molecular weight excluding hydrogens is 664 g/mol. The van der Waals surface area contributed by atoms with Gasteiger partial charge in [0.05, 0.1) is 71.4 Å². The number of morpholine rings is 1. The van der Waals surface area contributed by atoms with Gasteiger partial charge in [-0.2, -0.15) is 0 Å². The van der Waals surface area contributed by atoms with Crippen LogP contribution in [0.15, 0.2) is 42.5 Å². The minimum atomic E-state index is -1.19. The second-order valence-corrected chi connectivity index (χ2v) is 14.1. The first-order valence-corrected chi connectivity index (χ1v) is 16.8. The number of carbonyl (C=O) groups is 2. The lowest BCUT2D eigenvalue weighted by atomic mass is 9.89. The lowest BCUT2D eigenvalue weighted by Gasteiger charge is -2.48. The van der Waals surface area contributed by atoms with Gasteiger partial charge in [0.2, 0.25) is 0 Å². The number of amides is 1. The van der Waals surface area contributed by atoms with Crippen LogP contribution in [0.4, 0.5) is 15.8 Å². The summed E-state index contributed by atoms with van der Waals surface area (Å²) in [5, 5.41) is 10.4. The number of anilines is 2. The Morgan fingerprint density at radius 1 is 1.02 bits per heavy atom. The second-order valence-electron chi connectivity index (χ2n) is 13.3.